The minimum absolute atomic E-state index is 0.0366. The number of amides is 4. The molecule has 0 saturated carbocycles. The van der Waals surface area contributed by atoms with Gasteiger partial charge in [0.25, 0.3) is 5.91 Å². The van der Waals surface area contributed by atoms with Gasteiger partial charge in [0, 0.05) is 32.7 Å². The first-order chi connectivity index (χ1) is 16.0. The molecule has 0 spiro atoms. The number of nitrogens with zero attached hydrogens (tertiary/aromatic N) is 3. The van der Waals surface area contributed by atoms with Crippen LogP contribution in [0.4, 0.5) is 10.5 Å². The van der Waals surface area contributed by atoms with Crippen molar-refractivity contribution in [2.75, 3.05) is 44.7 Å². The molecule has 2 aliphatic heterocycles. The first-order valence-electron chi connectivity index (χ1n) is 11.1. The average molecular weight is 449 g/mol. The van der Waals surface area contributed by atoms with Crippen molar-refractivity contribution < 1.29 is 19.1 Å². The Morgan fingerprint density at radius 1 is 1.03 bits per heavy atom. The molecule has 2 aromatic rings. The zero-order valence-corrected chi connectivity index (χ0v) is 18.6. The summed E-state index contributed by atoms with van der Waals surface area (Å²) >= 11 is 0. The van der Waals surface area contributed by atoms with Crippen molar-refractivity contribution in [1.82, 2.24) is 15.1 Å². The van der Waals surface area contributed by atoms with Crippen LogP contribution in [0.3, 0.4) is 0 Å². The lowest BCUT2D eigenvalue weighted by Gasteiger charge is -2.34. The largest absolute Gasteiger partial charge is 0.497 e. The number of nitrogens with one attached hydrogen (secondary N) is 1. The predicted octanol–water partition coefficient (Wildman–Crippen LogP) is 2.37. The van der Waals surface area contributed by atoms with Gasteiger partial charge in [0.1, 0.15) is 11.8 Å². The highest BCUT2D eigenvalue weighted by molar-refractivity contribution is 6.22. The smallest absolute Gasteiger partial charge is 0.329 e. The molecule has 0 bridgehead atoms. The third-order valence-corrected chi connectivity index (χ3v) is 5.93. The lowest BCUT2D eigenvalue weighted by Crippen LogP contribution is -2.50. The van der Waals surface area contributed by atoms with Crippen LogP contribution in [0.2, 0.25) is 0 Å². The van der Waals surface area contributed by atoms with Gasteiger partial charge in [-0.1, -0.05) is 42.5 Å². The minimum Gasteiger partial charge on any atom is -0.497 e. The highest BCUT2D eigenvalue weighted by Gasteiger charge is 2.40. The van der Waals surface area contributed by atoms with Gasteiger partial charge in [-0.2, -0.15) is 0 Å². The maximum atomic E-state index is 12.8. The predicted molar refractivity (Wildman–Crippen MR) is 126 cm³/mol. The molecule has 2 heterocycles. The fourth-order valence-electron chi connectivity index (χ4n) is 4.03. The molecule has 8 heteroatoms. The number of ether oxygens (including phenoxy) is 1. The summed E-state index contributed by atoms with van der Waals surface area (Å²) in [4.78, 5) is 43.1. The molecule has 33 heavy (non-hydrogen) atoms. The summed E-state index contributed by atoms with van der Waals surface area (Å²) in [6.45, 7) is 3.58. The summed E-state index contributed by atoms with van der Waals surface area (Å²) in [5, 5.41) is 2.64. The molecule has 2 aromatic carbocycles. The number of urea groups is 1. The number of methoxy groups -OCH3 is 1. The van der Waals surface area contributed by atoms with Crippen LogP contribution in [0, 0.1) is 0 Å². The van der Waals surface area contributed by atoms with Crippen molar-refractivity contribution in [3.05, 3.63) is 66.2 Å². The van der Waals surface area contributed by atoms with Crippen molar-refractivity contribution >= 4 is 29.6 Å². The molecule has 1 atom stereocenters. The number of hydrogen-bond donors (Lipinski definition) is 1. The number of rotatable bonds is 7. The molecule has 0 radical (unpaired) electrons. The number of piperazine rings is 1. The second-order valence-electron chi connectivity index (χ2n) is 8.07. The van der Waals surface area contributed by atoms with E-state index in [2.05, 4.69) is 34.5 Å². The summed E-state index contributed by atoms with van der Waals surface area (Å²) in [6, 6.07) is 15.4. The van der Waals surface area contributed by atoms with Gasteiger partial charge in [0.05, 0.1) is 19.2 Å². The third-order valence-electron chi connectivity index (χ3n) is 5.93. The lowest BCUT2D eigenvalue weighted by atomic mass is 10.1. The van der Waals surface area contributed by atoms with Crippen molar-refractivity contribution in [2.24, 2.45) is 0 Å². The van der Waals surface area contributed by atoms with Crippen LogP contribution in [0.1, 0.15) is 12.0 Å². The first kappa shape index (κ1) is 22.5. The number of carbonyl (C=O) groups excluding carboxylic acids is 3. The molecule has 2 saturated heterocycles. The fourth-order valence-corrected chi connectivity index (χ4v) is 4.03. The lowest BCUT2D eigenvalue weighted by molar-refractivity contribution is -0.135. The molecule has 1 N–H and O–H groups in total. The number of benzene rings is 2. The molecular weight excluding hydrogens is 420 g/mol. The topological polar surface area (TPSA) is 82.2 Å². The van der Waals surface area contributed by atoms with E-state index >= 15 is 0 Å². The van der Waals surface area contributed by atoms with Crippen molar-refractivity contribution in [1.29, 1.82) is 0 Å². The Balaban J connectivity index is 1.26. The van der Waals surface area contributed by atoms with Crippen LogP contribution in [0.5, 0.6) is 5.75 Å². The SMILES string of the molecule is COc1ccc(N2C(=O)NC(CC(=O)N3CCN(C/C=C/c4ccccc4)CC3)C2=O)cc1. The number of anilines is 1. The van der Waals surface area contributed by atoms with Gasteiger partial charge in [-0.3, -0.25) is 14.5 Å². The van der Waals surface area contributed by atoms with Gasteiger partial charge in [-0.25, -0.2) is 9.69 Å². The maximum Gasteiger partial charge on any atom is 0.329 e. The first-order valence-corrected chi connectivity index (χ1v) is 11.1. The summed E-state index contributed by atoms with van der Waals surface area (Å²) in [7, 11) is 1.55. The monoisotopic (exact) mass is 448 g/mol. The Labute approximate surface area is 193 Å². The van der Waals surface area contributed by atoms with Gasteiger partial charge >= 0.3 is 6.03 Å². The highest BCUT2D eigenvalue weighted by atomic mass is 16.5. The normalized spacial score (nSPS) is 19.2. The molecule has 0 aliphatic carbocycles. The minimum atomic E-state index is -0.848. The standard InChI is InChI=1S/C25H28N4O4/c1-33-21-11-9-20(10-12-21)29-24(31)22(26-25(29)32)18-23(30)28-16-14-27(15-17-28)13-5-8-19-6-3-2-4-7-19/h2-12,22H,13-18H2,1H3,(H,26,32)/b8-5+. The van der Waals surface area contributed by atoms with Crippen LogP contribution in [0.15, 0.2) is 60.7 Å². The Morgan fingerprint density at radius 3 is 2.39 bits per heavy atom. The molecule has 2 fully saturated rings. The summed E-state index contributed by atoms with van der Waals surface area (Å²) in [5.41, 5.74) is 1.61. The fraction of sp³-hybridized carbons (Fsp3) is 0.320. The van der Waals surface area contributed by atoms with Crippen LogP contribution < -0.4 is 15.0 Å². The van der Waals surface area contributed by atoms with Crippen LogP contribution in [0.25, 0.3) is 6.08 Å². The van der Waals surface area contributed by atoms with E-state index in [0.717, 1.165) is 24.5 Å². The van der Waals surface area contributed by atoms with Gasteiger partial charge in [-0.15, -0.1) is 0 Å². The molecule has 1 unspecified atom stereocenters. The van der Waals surface area contributed by atoms with Gasteiger partial charge in [-0.05, 0) is 29.8 Å². The van der Waals surface area contributed by atoms with Crippen LogP contribution in [-0.4, -0.2) is 73.5 Å². The summed E-state index contributed by atoms with van der Waals surface area (Å²) in [6.07, 6.45) is 4.19. The van der Waals surface area contributed by atoms with E-state index in [-0.39, 0.29) is 12.3 Å². The maximum absolute atomic E-state index is 12.8. The van der Waals surface area contributed by atoms with Gasteiger partial charge < -0.3 is 15.0 Å². The van der Waals surface area contributed by atoms with E-state index in [4.69, 9.17) is 4.74 Å². The second kappa shape index (κ2) is 10.3. The molecule has 8 nitrogen and oxygen atoms in total. The van der Waals surface area contributed by atoms with E-state index < -0.39 is 18.0 Å². The number of hydrogen-bond acceptors (Lipinski definition) is 5. The van der Waals surface area contributed by atoms with Crippen molar-refractivity contribution in [2.45, 2.75) is 12.5 Å². The Morgan fingerprint density at radius 2 is 1.73 bits per heavy atom. The van der Waals surface area contributed by atoms with Crippen molar-refractivity contribution in [3.63, 3.8) is 0 Å². The van der Waals surface area contributed by atoms with Crippen LogP contribution >= 0.6 is 0 Å². The molecule has 4 rings (SSSR count). The highest BCUT2D eigenvalue weighted by Crippen LogP contribution is 2.23. The quantitative estimate of drug-likeness (QED) is 0.658. The van der Waals surface area contributed by atoms with E-state index in [1.807, 2.05) is 18.2 Å². The van der Waals surface area contributed by atoms with Gasteiger partial charge in [0.15, 0.2) is 0 Å². The molecule has 4 amide bonds. The Bertz CT molecular complexity index is 1010. The number of carbonyl (C=O) groups is 3. The van der Waals surface area contributed by atoms with E-state index in [0.29, 0.717) is 24.5 Å². The van der Waals surface area contributed by atoms with E-state index in [9.17, 15) is 14.4 Å². The number of imide groups is 1. The zero-order valence-electron chi connectivity index (χ0n) is 18.6. The molecule has 2 aliphatic rings. The summed E-state index contributed by atoms with van der Waals surface area (Å²) < 4.78 is 5.11. The third kappa shape index (κ3) is 5.40. The van der Waals surface area contributed by atoms with E-state index in [1.54, 1.807) is 36.3 Å². The zero-order chi connectivity index (χ0) is 23.2. The second-order valence-corrected chi connectivity index (χ2v) is 8.07. The molecule has 172 valence electrons. The van der Waals surface area contributed by atoms with Crippen molar-refractivity contribution in [3.8, 4) is 5.75 Å². The van der Waals surface area contributed by atoms with E-state index in [1.165, 1.54) is 5.56 Å². The Hall–Kier alpha value is -3.65. The average Bonchev–Trinajstić information content (AvgIpc) is 3.12. The Kier molecular flexibility index (Phi) is 7.04. The molecule has 0 aromatic heterocycles. The van der Waals surface area contributed by atoms with Crippen LogP contribution in [-0.2, 0) is 9.59 Å². The molecular formula is C25H28N4O4. The summed E-state index contributed by atoms with van der Waals surface area (Å²) in [5.74, 6) is 0.0974. The van der Waals surface area contributed by atoms with Gasteiger partial charge in [0.2, 0.25) is 5.91 Å².